The lowest BCUT2D eigenvalue weighted by atomic mass is 9.87. The Balaban J connectivity index is 1.53. The largest absolute Gasteiger partial charge is 0.508 e. The van der Waals surface area contributed by atoms with Gasteiger partial charge in [-0.15, -0.1) is 0 Å². The maximum atomic E-state index is 9.47. The number of phenols is 1. The van der Waals surface area contributed by atoms with E-state index in [1.807, 2.05) is 0 Å². The zero-order chi connectivity index (χ0) is 16.9. The summed E-state index contributed by atoms with van der Waals surface area (Å²) >= 11 is 0. The van der Waals surface area contributed by atoms with Crippen LogP contribution in [0.25, 0.3) is 0 Å². The van der Waals surface area contributed by atoms with Crippen molar-refractivity contribution in [1.29, 1.82) is 0 Å². The van der Waals surface area contributed by atoms with Crippen molar-refractivity contribution in [3.05, 3.63) is 65.7 Å². The van der Waals surface area contributed by atoms with Crippen molar-refractivity contribution in [1.82, 2.24) is 4.90 Å². The Morgan fingerprint density at radius 3 is 2.21 bits per heavy atom. The van der Waals surface area contributed by atoms with E-state index in [1.165, 1.54) is 43.5 Å². The second-order valence-corrected chi connectivity index (χ2v) is 7.29. The molecule has 1 N–H and O–H groups in total. The topological polar surface area (TPSA) is 23.5 Å². The monoisotopic (exact) mass is 323 g/mol. The molecule has 0 spiro atoms. The predicted octanol–water partition coefficient (Wildman–Crippen LogP) is 4.84. The van der Waals surface area contributed by atoms with E-state index in [1.54, 1.807) is 12.1 Å². The van der Waals surface area contributed by atoms with Crippen LogP contribution < -0.4 is 0 Å². The fourth-order valence-corrected chi connectivity index (χ4v) is 3.88. The molecule has 1 heterocycles. The number of benzene rings is 2. The molecule has 2 unspecified atom stereocenters. The van der Waals surface area contributed by atoms with Crippen molar-refractivity contribution in [2.24, 2.45) is 5.92 Å². The van der Waals surface area contributed by atoms with Crippen LogP contribution in [0.4, 0.5) is 0 Å². The summed E-state index contributed by atoms with van der Waals surface area (Å²) in [6, 6.07) is 19.1. The second-order valence-electron chi connectivity index (χ2n) is 7.29. The Hall–Kier alpha value is -1.80. The fourth-order valence-electron chi connectivity index (χ4n) is 3.88. The van der Waals surface area contributed by atoms with Gasteiger partial charge in [-0.2, -0.15) is 0 Å². The van der Waals surface area contributed by atoms with Crippen LogP contribution in [0.2, 0.25) is 0 Å². The van der Waals surface area contributed by atoms with E-state index in [2.05, 4.69) is 61.2 Å². The molecule has 0 radical (unpaired) electrons. The molecular formula is C22H29NO. The van der Waals surface area contributed by atoms with Gasteiger partial charge in [-0.1, -0.05) is 49.4 Å². The van der Waals surface area contributed by atoms with Crippen LogP contribution in [0, 0.1) is 5.92 Å². The lowest BCUT2D eigenvalue weighted by Crippen LogP contribution is -2.42. The van der Waals surface area contributed by atoms with E-state index in [-0.39, 0.29) is 0 Å². The van der Waals surface area contributed by atoms with Gasteiger partial charge in [0.25, 0.3) is 0 Å². The van der Waals surface area contributed by atoms with E-state index >= 15 is 0 Å². The Morgan fingerprint density at radius 1 is 0.958 bits per heavy atom. The minimum absolute atomic E-state index is 0.348. The first-order chi connectivity index (χ1) is 11.6. The van der Waals surface area contributed by atoms with Crippen LogP contribution in [0.5, 0.6) is 5.75 Å². The van der Waals surface area contributed by atoms with Gasteiger partial charge in [0, 0.05) is 6.04 Å². The van der Waals surface area contributed by atoms with Crippen LogP contribution in [-0.4, -0.2) is 29.1 Å². The van der Waals surface area contributed by atoms with Gasteiger partial charge in [-0.25, -0.2) is 0 Å². The quantitative estimate of drug-likeness (QED) is 0.851. The van der Waals surface area contributed by atoms with E-state index in [9.17, 15) is 5.11 Å². The first kappa shape index (κ1) is 17.0. The molecule has 3 rings (SSSR count). The van der Waals surface area contributed by atoms with Gasteiger partial charge >= 0.3 is 0 Å². The molecule has 128 valence electrons. The fraction of sp³-hybridized carbons (Fsp3) is 0.455. The van der Waals surface area contributed by atoms with Gasteiger partial charge in [-0.05, 0) is 74.4 Å². The molecule has 24 heavy (non-hydrogen) atoms. The van der Waals surface area contributed by atoms with E-state index in [0.717, 1.165) is 5.92 Å². The number of hydrogen-bond donors (Lipinski definition) is 1. The Bertz CT molecular complexity index is 614. The minimum atomic E-state index is 0.348. The van der Waals surface area contributed by atoms with Crippen LogP contribution in [0.3, 0.4) is 0 Å². The van der Waals surface area contributed by atoms with Gasteiger partial charge in [0.2, 0.25) is 0 Å². The van der Waals surface area contributed by atoms with Gasteiger partial charge in [0.05, 0.1) is 0 Å². The molecule has 1 fully saturated rings. The summed E-state index contributed by atoms with van der Waals surface area (Å²) in [6.45, 7) is 7.03. The van der Waals surface area contributed by atoms with E-state index in [4.69, 9.17) is 0 Å². The number of hydrogen-bond acceptors (Lipinski definition) is 2. The highest BCUT2D eigenvalue weighted by Crippen LogP contribution is 2.29. The summed E-state index contributed by atoms with van der Waals surface area (Å²) in [7, 11) is 0. The first-order valence-corrected chi connectivity index (χ1v) is 9.20. The number of rotatable bonds is 5. The summed E-state index contributed by atoms with van der Waals surface area (Å²) < 4.78 is 0. The minimum Gasteiger partial charge on any atom is -0.508 e. The number of phenolic OH excluding ortho intramolecular Hbond substituents is 1. The third-order valence-electron chi connectivity index (χ3n) is 5.73. The highest BCUT2D eigenvalue weighted by molar-refractivity contribution is 5.28. The van der Waals surface area contributed by atoms with Gasteiger partial charge in [0.1, 0.15) is 5.75 Å². The van der Waals surface area contributed by atoms with Gasteiger partial charge < -0.3 is 10.0 Å². The summed E-state index contributed by atoms with van der Waals surface area (Å²) in [5, 5.41) is 9.47. The smallest absolute Gasteiger partial charge is 0.115 e. The van der Waals surface area contributed by atoms with Crippen LogP contribution in [0.1, 0.15) is 43.7 Å². The van der Waals surface area contributed by atoms with Crippen molar-refractivity contribution in [2.75, 3.05) is 13.1 Å². The normalized spacial score (nSPS) is 19.1. The number of nitrogens with zero attached hydrogens (tertiary/aromatic N) is 1. The summed E-state index contributed by atoms with van der Waals surface area (Å²) in [4.78, 5) is 2.64. The van der Waals surface area contributed by atoms with Crippen LogP contribution in [-0.2, 0) is 6.42 Å². The third-order valence-corrected chi connectivity index (χ3v) is 5.73. The first-order valence-electron chi connectivity index (χ1n) is 9.20. The SMILES string of the molecule is CC(c1ccc(O)cc1)C(C)N1CCC(Cc2ccccc2)CC1. The van der Waals surface area contributed by atoms with Crippen molar-refractivity contribution in [3.63, 3.8) is 0 Å². The molecule has 0 aliphatic carbocycles. The molecule has 1 aliphatic rings. The van der Waals surface area contributed by atoms with Crippen molar-refractivity contribution < 1.29 is 5.11 Å². The number of likely N-dealkylation sites (tertiary alicyclic amines) is 1. The molecule has 1 aliphatic heterocycles. The van der Waals surface area contributed by atoms with Crippen molar-refractivity contribution in [2.45, 2.75) is 45.1 Å². The summed E-state index contributed by atoms with van der Waals surface area (Å²) in [5.41, 5.74) is 2.79. The molecule has 2 aromatic carbocycles. The molecule has 2 atom stereocenters. The van der Waals surface area contributed by atoms with Crippen LogP contribution >= 0.6 is 0 Å². The highest BCUT2D eigenvalue weighted by atomic mass is 16.3. The molecule has 0 bridgehead atoms. The molecule has 2 heteroatoms. The zero-order valence-electron chi connectivity index (χ0n) is 14.9. The molecule has 2 nitrogen and oxygen atoms in total. The number of piperidine rings is 1. The molecule has 2 aromatic rings. The van der Waals surface area contributed by atoms with Crippen molar-refractivity contribution in [3.8, 4) is 5.75 Å². The highest BCUT2D eigenvalue weighted by Gasteiger charge is 2.26. The average Bonchev–Trinajstić information content (AvgIpc) is 2.63. The van der Waals surface area contributed by atoms with Gasteiger partial charge in [0.15, 0.2) is 0 Å². The second kappa shape index (κ2) is 7.85. The molecule has 0 saturated carbocycles. The van der Waals surface area contributed by atoms with Crippen LogP contribution in [0.15, 0.2) is 54.6 Å². The third kappa shape index (κ3) is 4.18. The maximum Gasteiger partial charge on any atom is 0.115 e. The Morgan fingerprint density at radius 2 is 1.58 bits per heavy atom. The number of aromatic hydroxyl groups is 1. The average molecular weight is 323 g/mol. The maximum absolute atomic E-state index is 9.47. The summed E-state index contributed by atoms with van der Waals surface area (Å²) in [5.74, 6) is 1.65. The van der Waals surface area contributed by atoms with E-state index < -0.39 is 0 Å². The lowest BCUT2D eigenvalue weighted by Gasteiger charge is -2.39. The predicted molar refractivity (Wildman–Crippen MR) is 100 cm³/mol. The Labute approximate surface area is 146 Å². The Kier molecular flexibility index (Phi) is 5.57. The molecular weight excluding hydrogens is 294 g/mol. The van der Waals surface area contributed by atoms with E-state index in [0.29, 0.717) is 17.7 Å². The van der Waals surface area contributed by atoms with Gasteiger partial charge in [-0.3, -0.25) is 0 Å². The molecule has 0 amide bonds. The van der Waals surface area contributed by atoms with Crippen molar-refractivity contribution >= 4 is 0 Å². The standard InChI is InChI=1S/C22H29NO/c1-17(21-8-10-22(24)11-9-21)18(2)23-14-12-20(13-15-23)16-19-6-4-3-5-7-19/h3-11,17-18,20,24H,12-16H2,1-2H3. The lowest BCUT2D eigenvalue weighted by molar-refractivity contribution is 0.127. The molecule has 0 aromatic heterocycles. The zero-order valence-corrected chi connectivity index (χ0v) is 14.9. The molecule has 1 saturated heterocycles. The summed E-state index contributed by atoms with van der Waals surface area (Å²) in [6.07, 6.45) is 3.81.